The normalized spacial score (nSPS) is 23.1. The molecule has 0 bridgehead atoms. The summed E-state index contributed by atoms with van der Waals surface area (Å²) in [5.41, 5.74) is 0.799. The third-order valence-electron chi connectivity index (χ3n) is 4.88. The first-order valence-electron chi connectivity index (χ1n) is 8.90. The van der Waals surface area contributed by atoms with Crippen LogP contribution in [0.1, 0.15) is 12.8 Å². The van der Waals surface area contributed by atoms with Crippen molar-refractivity contribution in [2.45, 2.75) is 12.8 Å². The third-order valence-corrected chi connectivity index (χ3v) is 5.13. The molecule has 1 unspecified atom stereocenters. The Morgan fingerprint density at radius 3 is 2.54 bits per heavy atom. The molecule has 24 heavy (non-hydrogen) atoms. The molecule has 1 aromatic carbocycles. The first-order valence-corrected chi connectivity index (χ1v) is 9.28. The molecular formula is C18H27ClN4O. The molecule has 2 saturated heterocycles. The van der Waals surface area contributed by atoms with Crippen LogP contribution in [-0.4, -0.2) is 68.1 Å². The zero-order valence-electron chi connectivity index (χ0n) is 14.1. The molecular weight excluding hydrogens is 324 g/mol. The molecule has 1 aromatic rings. The van der Waals surface area contributed by atoms with Crippen LogP contribution in [0.2, 0.25) is 5.02 Å². The topological polar surface area (TPSA) is 47.6 Å². The van der Waals surface area contributed by atoms with Crippen molar-refractivity contribution in [1.82, 2.24) is 15.1 Å². The molecule has 2 aliphatic heterocycles. The average molecular weight is 351 g/mol. The van der Waals surface area contributed by atoms with Gasteiger partial charge in [0.2, 0.25) is 5.91 Å². The Labute approximate surface area is 149 Å². The molecule has 1 amide bonds. The van der Waals surface area contributed by atoms with E-state index in [4.69, 9.17) is 11.6 Å². The first kappa shape index (κ1) is 17.7. The fourth-order valence-corrected chi connectivity index (χ4v) is 3.64. The number of amides is 1. The minimum atomic E-state index is 0.0438. The van der Waals surface area contributed by atoms with Crippen LogP contribution in [-0.2, 0) is 4.79 Å². The quantitative estimate of drug-likeness (QED) is 0.851. The number of rotatable bonds is 5. The number of anilines is 1. The van der Waals surface area contributed by atoms with E-state index in [1.165, 1.54) is 25.9 Å². The van der Waals surface area contributed by atoms with Gasteiger partial charge in [-0.3, -0.25) is 9.69 Å². The van der Waals surface area contributed by atoms with Crippen molar-refractivity contribution in [3.05, 3.63) is 29.3 Å². The number of hydrogen-bond acceptors (Lipinski definition) is 4. The molecule has 6 heteroatoms. The van der Waals surface area contributed by atoms with Gasteiger partial charge in [-0.05, 0) is 56.1 Å². The van der Waals surface area contributed by atoms with Crippen molar-refractivity contribution >= 4 is 23.2 Å². The Kier molecular flexibility index (Phi) is 6.49. The zero-order valence-corrected chi connectivity index (χ0v) is 14.9. The van der Waals surface area contributed by atoms with Gasteiger partial charge in [-0.1, -0.05) is 11.6 Å². The standard InChI is InChI=1S/C18H27ClN4O/c19-16-3-5-17(6-4-16)21-18(24)14-23-10-8-22(9-11-23)13-15-2-1-7-20-12-15/h3-6,15,20H,1-2,7-14H2,(H,21,24). The smallest absolute Gasteiger partial charge is 0.238 e. The van der Waals surface area contributed by atoms with E-state index < -0.39 is 0 Å². The molecule has 1 atom stereocenters. The molecule has 0 aliphatic carbocycles. The molecule has 0 saturated carbocycles. The molecule has 3 rings (SSSR count). The summed E-state index contributed by atoms with van der Waals surface area (Å²) in [4.78, 5) is 16.9. The van der Waals surface area contributed by atoms with Gasteiger partial charge in [0.25, 0.3) is 0 Å². The predicted octanol–water partition coefficient (Wildman–Crippen LogP) is 1.90. The van der Waals surface area contributed by atoms with Crippen LogP contribution in [0.3, 0.4) is 0 Å². The fraction of sp³-hybridized carbons (Fsp3) is 0.611. The summed E-state index contributed by atoms with van der Waals surface area (Å²) < 4.78 is 0. The fourth-order valence-electron chi connectivity index (χ4n) is 3.51. The lowest BCUT2D eigenvalue weighted by atomic mass is 9.99. The van der Waals surface area contributed by atoms with Crippen LogP contribution in [0, 0.1) is 5.92 Å². The molecule has 2 aliphatic rings. The lowest BCUT2D eigenvalue weighted by Gasteiger charge is -2.37. The van der Waals surface area contributed by atoms with Crippen molar-refractivity contribution in [2.24, 2.45) is 5.92 Å². The van der Waals surface area contributed by atoms with E-state index in [9.17, 15) is 4.79 Å². The summed E-state index contributed by atoms with van der Waals surface area (Å²) in [7, 11) is 0. The van der Waals surface area contributed by atoms with Crippen molar-refractivity contribution in [3.8, 4) is 0 Å². The monoisotopic (exact) mass is 350 g/mol. The number of carbonyl (C=O) groups is 1. The predicted molar refractivity (Wildman–Crippen MR) is 98.6 cm³/mol. The SMILES string of the molecule is O=C(CN1CCN(CC2CCCNC2)CC1)Nc1ccc(Cl)cc1. The van der Waals surface area contributed by atoms with Gasteiger partial charge in [0.1, 0.15) is 0 Å². The lowest BCUT2D eigenvalue weighted by Crippen LogP contribution is -2.50. The number of nitrogens with one attached hydrogen (secondary N) is 2. The maximum Gasteiger partial charge on any atom is 0.238 e. The second-order valence-corrected chi connectivity index (χ2v) is 7.28. The average Bonchev–Trinajstić information content (AvgIpc) is 2.60. The van der Waals surface area contributed by atoms with E-state index in [0.29, 0.717) is 11.6 Å². The van der Waals surface area contributed by atoms with Crippen molar-refractivity contribution in [2.75, 3.05) is 57.7 Å². The molecule has 2 N–H and O–H groups in total. The summed E-state index contributed by atoms with van der Waals surface area (Å²) >= 11 is 5.86. The van der Waals surface area contributed by atoms with Crippen LogP contribution in [0.15, 0.2) is 24.3 Å². The van der Waals surface area contributed by atoms with Gasteiger partial charge in [-0.2, -0.15) is 0 Å². The van der Waals surface area contributed by atoms with Crippen LogP contribution in [0.25, 0.3) is 0 Å². The highest BCUT2D eigenvalue weighted by molar-refractivity contribution is 6.30. The highest BCUT2D eigenvalue weighted by Crippen LogP contribution is 2.15. The van der Waals surface area contributed by atoms with Gasteiger partial charge in [0.05, 0.1) is 6.54 Å². The van der Waals surface area contributed by atoms with E-state index in [1.807, 2.05) is 12.1 Å². The number of carbonyl (C=O) groups excluding carboxylic acids is 1. The maximum absolute atomic E-state index is 12.2. The molecule has 0 spiro atoms. The summed E-state index contributed by atoms with van der Waals surface area (Å²) in [6.07, 6.45) is 2.65. The van der Waals surface area contributed by atoms with Crippen molar-refractivity contribution in [3.63, 3.8) is 0 Å². The van der Waals surface area contributed by atoms with Crippen LogP contribution < -0.4 is 10.6 Å². The number of nitrogens with zero attached hydrogens (tertiary/aromatic N) is 2. The first-order chi connectivity index (χ1) is 11.7. The van der Waals surface area contributed by atoms with Gasteiger partial charge in [0.15, 0.2) is 0 Å². The molecule has 2 fully saturated rings. The largest absolute Gasteiger partial charge is 0.325 e. The van der Waals surface area contributed by atoms with E-state index in [-0.39, 0.29) is 5.91 Å². The van der Waals surface area contributed by atoms with Crippen LogP contribution in [0.5, 0.6) is 0 Å². The summed E-state index contributed by atoms with van der Waals surface area (Å²) in [6.45, 7) is 8.04. The summed E-state index contributed by atoms with van der Waals surface area (Å²) in [5, 5.41) is 7.10. The molecule has 0 aromatic heterocycles. The van der Waals surface area contributed by atoms with Gasteiger partial charge in [-0.25, -0.2) is 0 Å². The van der Waals surface area contributed by atoms with Crippen molar-refractivity contribution in [1.29, 1.82) is 0 Å². The number of piperazine rings is 1. The van der Waals surface area contributed by atoms with E-state index in [2.05, 4.69) is 20.4 Å². The Morgan fingerprint density at radius 2 is 1.88 bits per heavy atom. The van der Waals surface area contributed by atoms with Crippen molar-refractivity contribution < 1.29 is 4.79 Å². The van der Waals surface area contributed by atoms with E-state index >= 15 is 0 Å². The van der Waals surface area contributed by atoms with Gasteiger partial charge in [0, 0.05) is 43.4 Å². The summed E-state index contributed by atoms with van der Waals surface area (Å²) in [6, 6.07) is 7.23. The molecule has 5 nitrogen and oxygen atoms in total. The minimum Gasteiger partial charge on any atom is -0.325 e. The zero-order chi connectivity index (χ0) is 16.8. The second-order valence-electron chi connectivity index (χ2n) is 6.84. The van der Waals surface area contributed by atoms with Gasteiger partial charge >= 0.3 is 0 Å². The number of piperidine rings is 1. The van der Waals surface area contributed by atoms with E-state index in [1.54, 1.807) is 12.1 Å². The number of benzene rings is 1. The minimum absolute atomic E-state index is 0.0438. The molecule has 0 radical (unpaired) electrons. The maximum atomic E-state index is 12.2. The summed E-state index contributed by atoms with van der Waals surface area (Å²) in [5.74, 6) is 0.834. The Morgan fingerprint density at radius 1 is 1.17 bits per heavy atom. The second kappa shape index (κ2) is 8.81. The Bertz CT molecular complexity index is 522. The van der Waals surface area contributed by atoms with E-state index in [0.717, 1.165) is 44.3 Å². The highest BCUT2D eigenvalue weighted by atomic mass is 35.5. The Hall–Kier alpha value is -1.14. The van der Waals surface area contributed by atoms with Gasteiger partial charge < -0.3 is 15.5 Å². The van der Waals surface area contributed by atoms with Crippen LogP contribution >= 0.6 is 11.6 Å². The van der Waals surface area contributed by atoms with Gasteiger partial charge in [-0.15, -0.1) is 0 Å². The molecule has 2 heterocycles. The highest BCUT2D eigenvalue weighted by Gasteiger charge is 2.22. The number of halogens is 1. The molecule has 132 valence electrons. The lowest BCUT2D eigenvalue weighted by molar-refractivity contribution is -0.117. The third kappa shape index (κ3) is 5.45. The van der Waals surface area contributed by atoms with Crippen LogP contribution in [0.4, 0.5) is 5.69 Å². The Balaban J connectivity index is 1.37. The number of hydrogen-bond donors (Lipinski definition) is 2.